The first-order valence-corrected chi connectivity index (χ1v) is 11.9. The first kappa shape index (κ1) is 26.9. The van der Waals surface area contributed by atoms with Crippen LogP contribution in [0.3, 0.4) is 0 Å². The first-order chi connectivity index (χ1) is 13.5. The highest BCUT2D eigenvalue weighted by molar-refractivity contribution is 5.77. The Hall–Kier alpha value is -1.06. The molecular formula is C24H46O4. The van der Waals surface area contributed by atoms with Crippen molar-refractivity contribution in [2.45, 2.75) is 143 Å². The highest BCUT2D eigenvalue weighted by atomic mass is 16.5. The summed E-state index contributed by atoms with van der Waals surface area (Å²) in [5, 5.41) is 0. The minimum atomic E-state index is -0.293. The predicted octanol–water partition coefficient (Wildman–Crippen LogP) is 7.13. The Balaban J connectivity index is 3.66. The lowest BCUT2D eigenvalue weighted by molar-refractivity contribution is -0.155. The summed E-state index contributed by atoms with van der Waals surface area (Å²) in [7, 11) is 0. The molecule has 0 bridgehead atoms. The quantitative estimate of drug-likeness (QED) is 0.171. The van der Waals surface area contributed by atoms with Gasteiger partial charge in [-0.3, -0.25) is 9.59 Å². The fourth-order valence-corrected chi connectivity index (χ4v) is 3.31. The number of hydrogen-bond donors (Lipinski definition) is 0. The SMILES string of the molecule is CCCCCCCCC(C)OC(=O)CCC(=O)OC(C)CCCCCCCC. The molecule has 0 saturated carbocycles. The number of rotatable bonds is 19. The number of ether oxygens (including phenoxy) is 2. The van der Waals surface area contributed by atoms with E-state index in [0.29, 0.717) is 0 Å². The molecule has 0 aliphatic carbocycles. The normalized spacial score (nSPS) is 13.1. The molecule has 0 heterocycles. The zero-order chi connectivity index (χ0) is 21.0. The van der Waals surface area contributed by atoms with Crippen LogP contribution in [0.4, 0.5) is 0 Å². The van der Waals surface area contributed by atoms with Gasteiger partial charge in [-0.1, -0.05) is 78.1 Å². The van der Waals surface area contributed by atoms with Gasteiger partial charge < -0.3 is 9.47 Å². The van der Waals surface area contributed by atoms with E-state index in [1.807, 2.05) is 13.8 Å². The molecule has 0 spiro atoms. The van der Waals surface area contributed by atoms with Crippen LogP contribution in [-0.4, -0.2) is 24.1 Å². The summed E-state index contributed by atoms with van der Waals surface area (Å²) < 4.78 is 10.8. The van der Waals surface area contributed by atoms with E-state index in [-0.39, 0.29) is 37.0 Å². The summed E-state index contributed by atoms with van der Waals surface area (Å²) >= 11 is 0. The average molecular weight is 399 g/mol. The van der Waals surface area contributed by atoms with Crippen LogP contribution in [0.15, 0.2) is 0 Å². The number of esters is 2. The lowest BCUT2D eigenvalue weighted by atomic mass is 10.1. The second-order valence-electron chi connectivity index (χ2n) is 8.21. The monoisotopic (exact) mass is 398 g/mol. The molecule has 0 radical (unpaired) electrons. The van der Waals surface area contributed by atoms with E-state index in [2.05, 4.69) is 13.8 Å². The maximum Gasteiger partial charge on any atom is 0.306 e. The molecule has 0 aromatic rings. The molecule has 166 valence electrons. The van der Waals surface area contributed by atoms with Gasteiger partial charge >= 0.3 is 11.9 Å². The van der Waals surface area contributed by atoms with Crippen molar-refractivity contribution in [1.82, 2.24) is 0 Å². The fourth-order valence-electron chi connectivity index (χ4n) is 3.31. The van der Waals surface area contributed by atoms with Gasteiger partial charge in [-0.2, -0.15) is 0 Å². The summed E-state index contributed by atoms with van der Waals surface area (Å²) in [5.74, 6) is -0.585. The molecule has 0 saturated heterocycles. The van der Waals surface area contributed by atoms with E-state index in [1.54, 1.807) is 0 Å². The van der Waals surface area contributed by atoms with Crippen LogP contribution in [0.2, 0.25) is 0 Å². The molecule has 0 aliphatic heterocycles. The van der Waals surface area contributed by atoms with Crippen LogP contribution in [0.25, 0.3) is 0 Å². The van der Waals surface area contributed by atoms with Gasteiger partial charge in [0.1, 0.15) is 0 Å². The summed E-state index contributed by atoms with van der Waals surface area (Å²) in [5.41, 5.74) is 0. The molecule has 0 rings (SSSR count). The van der Waals surface area contributed by atoms with Crippen molar-refractivity contribution < 1.29 is 19.1 Å². The second-order valence-corrected chi connectivity index (χ2v) is 8.21. The van der Waals surface area contributed by atoms with Crippen LogP contribution in [0.5, 0.6) is 0 Å². The van der Waals surface area contributed by atoms with Gasteiger partial charge in [0.05, 0.1) is 25.0 Å². The minimum Gasteiger partial charge on any atom is -0.463 e. The number of hydrogen-bond acceptors (Lipinski definition) is 4. The Morgan fingerprint density at radius 1 is 0.571 bits per heavy atom. The molecule has 0 aromatic carbocycles. The lowest BCUT2D eigenvalue weighted by Gasteiger charge is -2.14. The highest BCUT2D eigenvalue weighted by Gasteiger charge is 2.14. The Morgan fingerprint density at radius 3 is 1.25 bits per heavy atom. The summed E-state index contributed by atoms with van der Waals surface area (Å²) in [6, 6.07) is 0. The Labute approximate surface area is 174 Å². The molecule has 0 aliphatic rings. The molecule has 0 amide bonds. The van der Waals surface area contributed by atoms with E-state index < -0.39 is 0 Å². The fraction of sp³-hybridized carbons (Fsp3) is 0.917. The molecule has 28 heavy (non-hydrogen) atoms. The van der Waals surface area contributed by atoms with Gasteiger partial charge in [0.25, 0.3) is 0 Å². The van der Waals surface area contributed by atoms with Gasteiger partial charge in [-0.15, -0.1) is 0 Å². The molecule has 0 fully saturated rings. The first-order valence-electron chi connectivity index (χ1n) is 11.9. The third kappa shape index (κ3) is 18.3. The average Bonchev–Trinajstić information content (AvgIpc) is 2.65. The van der Waals surface area contributed by atoms with Crippen LogP contribution < -0.4 is 0 Å². The zero-order valence-corrected chi connectivity index (χ0v) is 19.1. The highest BCUT2D eigenvalue weighted by Crippen LogP contribution is 2.13. The van der Waals surface area contributed by atoms with E-state index in [0.717, 1.165) is 25.7 Å². The number of carbonyl (C=O) groups excluding carboxylic acids is 2. The molecular weight excluding hydrogens is 352 g/mol. The molecule has 2 atom stereocenters. The van der Waals surface area contributed by atoms with E-state index in [9.17, 15) is 9.59 Å². The van der Waals surface area contributed by atoms with Gasteiger partial charge in [0.15, 0.2) is 0 Å². The summed E-state index contributed by atoms with van der Waals surface area (Å²) in [6.07, 6.45) is 16.7. The number of unbranched alkanes of at least 4 members (excludes halogenated alkanes) is 10. The van der Waals surface area contributed by atoms with Crippen LogP contribution in [0, 0.1) is 0 Å². The molecule has 0 aromatic heterocycles. The van der Waals surface area contributed by atoms with Gasteiger partial charge in [0.2, 0.25) is 0 Å². The molecule has 4 heteroatoms. The van der Waals surface area contributed by atoms with Crippen LogP contribution >= 0.6 is 0 Å². The summed E-state index contributed by atoms with van der Waals surface area (Å²) in [4.78, 5) is 23.8. The largest absolute Gasteiger partial charge is 0.463 e. The van der Waals surface area contributed by atoms with Crippen molar-refractivity contribution in [2.75, 3.05) is 0 Å². The maximum absolute atomic E-state index is 11.9. The predicted molar refractivity (Wildman–Crippen MR) is 116 cm³/mol. The van der Waals surface area contributed by atoms with Crippen molar-refractivity contribution in [1.29, 1.82) is 0 Å². The standard InChI is InChI=1S/C24H46O4/c1-5-7-9-11-13-15-17-21(3)27-23(25)19-20-24(26)28-22(4)18-16-14-12-10-8-6-2/h21-22H,5-20H2,1-4H3. The van der Waals surface area contributed by atoms with Gasteiger partial charge in [-0.25, -0.2) is 0 Å². The minimum absolute atomic E-state index is 0.0682. The van der Waals surface area contributed by atoms with Crippen molar-refractivity contribution in [3.8, 4) is 0 Å². The second kappa shape index (κ2) is 19.3. The smallest absolute Gasteiger partial charge is 0.306 e. The third-order valence-electron chi connectivity index (χ3n) is 5.13. The van der Waals surface area contributed by atoms with Crippen molar-refractivity contribution in [2.24, 2.45) is 0 Å². The van der Waals surface area contributed by atoms with Crippen molar-refractivity contribution in [3.63, 3.8) is 0 Å². The van der Waals surface area contributed by atoms with Crippen LogP contribution in [-0.2, 0) is 19.1 Å². The molecule has 2 unspecified atom stereocenters. The van der Waals surface area contributed by atoms with Gasteiger partial charge in [-0.05, 0) is 39.5 Å². The maximum atomic E-state index is 11.9. The van der Waals surface area contributed by atoms with Crippen molar-refractivity contribution >= 4 is 11.9 Å². The summed E-state index contributed by atoms with van der Waals surface area (Å²) in [6.45, 7) is 8.30. The van der Waals surface area contributed by atoms with E-state index in [1.165, 1.54) is 64.2 Å². The molecule has 0 N–H and O–H groups in total. The topological polar surface area (TPSA) is 52.6 Å². The number of carbonyl (C=O) groups is 2. The van der Waals surface area contributed by atoms with Gasteiger partial charge in [0, 0.05) is 0 Å². The Morgan fingerprint density at radius 2 is 0.893 bits per heavy atom. The van der Waals surface area contributed by atoms with E-state index >= 15 is 0 Å². The Bertz CT molecular complexity index is 345. The molecule has 4 nitrogen and oxygen atoms in total. The van der Waals surface area contributed by atoms with E-state index in [4.69, 9.17) is 9.47 Å². The zero-order valence-electron chi connectivity index (χ0n) is 19.1. The third-order valence-corrected chi connectivity index (χ3v) is 5.13. The van der Waals surface area contributed by atoms with Crippen LogP contribution in [0.1, 0.15) is 130 Å². The lowest BCUT2D eigenvalue weighted by Crippen LogP contribution is -2.18. The van der Waals surface area contributed by atoms with Crippen molar-refractivity contribution in [3.05, 3.63) is 0 Å². The Kier molecular flexibility index (Phi) is 18.5.